The van der Waals surface area contributed by atoms with Crippen LogP contribution in [-0.2, 0) is 11.4 Å². The first kappa shape index (κ1) is 31.6. The molecule has 228 valence electrons. The number of halogens is 3. The van der Waals surface area contributed by atoms with E-state index in [0.29, 0.717) is 22.7 Å². The predicted octanol–water partition coefficient (Wildman–Crippen LogP) is 5.14. The number of ether oxygens (including phenoxy) is 1. The SMILES string of the molecule is CCCN1C[C@H](c2nc(=S)[nH][nH]2)[C@H](NC(=O)c2ccc(OCc3cc(C)nc4ccccc34)cc2)C1.O=C(O)C(F)(F)F. The third kappa shape index (κ3) is 8.38. The van der Waals surface area contributed by atoms with Crippen molar-refractivity contribution in [2.45, 2.75) is 45.0 Å². The van der Waals surface area contributed by atoms with Gasteiger partial charge in [0.25, 0.3) is 5.91 Å². The lowest BCUT2D eigenvalue weighted by Gasteiger charge is -2.18. The van der Waals surface area contributed by atoms with Crippen LogP contribution in [0, 0.1) is 11.7 Å². The van der Waals surface area contributed by atoms with Crippen molar-refractivity contribution in [1.82, 2.24) is 30.4 Å². The Hall–Kier alpha value is -4.30. The number of carbonyl (C=O) groups excluding carboxylic acids is 1. The quantitative estimate of drug-likeness (QED) is 0.200. The minimum absolute atomic E-state index is 0.0506. The third-order valence-electron chi connectivity index (χ3n) is 6.81. The molecule has 5 rings (SSSR count). The molecule has 0 bridgehead atoms. The van der Waals surface area contributed by atoms with Gasteiger partial charge in [0.15, 0.2) is 0 Å². The highest BCUT2D eigenvalue weighted by Gasteiger charge is 2.38. The minimum atomic E-state index is -5.08. The minimum Gasteiger partial charge on any atom is -0.489 e. The Morgan fingerprint density at radius 1 is 1.12 bits per heavy atom. The molecule has 0 saturated carbocycles. The first-order valence-electron chi connectivity index (χ1n) is 13.5. The first-order valence-corrected chi connectivity index (χ1v) is 13.9. The molecule has 4 N–H and O–H groups in total. The number of carboxylic acids is 1. The molecular weight excluding hydrogens is 585 g/mol. The lowest BCUT2D eigenvalue weighted by Crippen LogP contribution is -2.40. The second-order valence-corrected chi connectivity index (χ2v) is 10.4. The molecule has 1 saturated heterocycles. The van der Waals surface area contributed by atoms with E-state index in [9.17, 15) is 18.0 Å². The standard InChI is InChI=1S/C27H30N6O2S.C2HF3O2/c1-3-12-33-14-22(25-30-27(36)32-31-25)24(15-33)29-26(34)18-8-10-20(11-9-18)35-16-19-13-17(2)28-23-7-5-4-6-21(19)23;3-2(4,5)1(6)7/h4-11,13,22,24H,3,12,14-16H2,1-2H3,(H,29,34)(H2,30,31,32,36);(H,6,7)/t22-,24+;/m0./s1. The zero-order chi connectivity index (χ0) is 31.1. The number of amides is 1. The van der Waals surface area contributed by atoms with Crippen LogP contribution in [0.15, 0.2) is 54.6 Å². The van der Waals surface area contributed by atoms with Crippen LogP contribution in [0.2, 0.25) is 0 Å². The van der Waals surface area contributed by atoms with Gasteiger partial charge in [0.05, 0.1) is 17.5 Å². The maximum atomic E-state index is 13.1. The largest absolute Gasteiger partial charge is 0.490 e. The number of carbonyl (C=O) groups is 2. The number of alkyl halides is 3. The number of nitrogens with zero attached hydrogens (tertiary/aromatic N) is 3. The number of hydrogen-bond donors (Lipinski definition) is 4. The number of aryl methyl sites for hydroxylation is 1. The maximum Gasteiger partial charge on any atom is 0.490 e. The van der Waals surface area contributed by atoms with Crippen molar-refractivity contribution in [3.63, 3.8) is 0 Å². The van der Waals surface area contributed by atoms with Gasteiger partial charge in [0.2, 0.25) is 4.77 Å². The van der Waals surface area contributed by atoms with Crippen LogP contribution < -0.4 is 10.1 Å². The van der Waals surface area contributed by atoms with Crippen LogP contribution in [-0.4, -0.2) is 73.9 Å². The maximum absolute atomic E-state index is 13.1. The molecule has 0 radical (unpaired) electrons. The summed E-state index contributed by atoms with van der Waals surface area (Å²) in [7, 11) is 0. The molecule has 0 unspecified atom stereocenters. The topological polar surface area (TPSA) is 136 Å². The van der Waals surface area contributed by atoms with Crippen molar-refractivity contribution in [1.29, 1.82) is 0 Å². The van der Waals surface area contributed by atoms with E-state index in [-0.39, 0.29) is 17.9 Å². The van der Waals surface area contributed by atoms with Gasteiger partial charge in [-0.3, -0.25) is 20.0 Å². The van der Waals surface area contributed by atoms with E-state index in [1.165, 1.54) is 0 Å². The number of aromatic nitrogens is 4. The molecule has 2 atom stereocenters. The van der Waals surface area contributed by atoms with E-state index in [2.05, 4.69) is 49.4 Å². The lowest BCUT2D eigenvalue weighted by atomic mass is 10.0. The van der Waals surface area contributed by atoms with Crippen LogP contribution in [0.1, 0.15) is 46.7 Å². The van der Waals surface area contributed by atoms with Gasteiger partial charge < -0.3 is 20.1 Å². The zero-order valence-corrected chi connectivity index (χ0v) is 24.3. The summed E-state index contributed by atoms with van der Waals surface area (Å²) in [5, 5.41) is 17.4. The van der Waals surface area contributed by atoms with Crippen LogP contribution >= 0.6 is 12.2 Å². The number of rotatable bonds is 8. The molecule has 4 aromatic rings. The number of nitrogens with one attached hydrogen (secondary N) is 3. The molecule has 0 spiro atoms. The summed E-state index contributed by atoms with van der Waals surface area (Å²) in [6.45, 7) is 7.15. The molecule has 0 aliphatic carbocycles. The average molecular weight is 617 g/mol. The van der Waals surface area contributed by atoms with E-state index < -0.39 is 12.1 Å². The number of hydrogen-bond acceptors (Lipinski definition) is 7. The summed E-state index contributed by atoms with van der Waals surface area (Å²) in [5.74, 6) is -1.32. The Labute approximate surface area is 250 Å². The number of carboxylic acid groups (broad SMARTS) is 1. The second-order valence-electron chi connectivity index (χ2n) is 10.1. The van der Waals surface area contributed by atoms with Gasteiger partial charge in [-0.15, -0.1) is 0 Å². The number of benzene rings is 2. The Kier molecular flexibility index (Phi) is 10.1. The van der Waals surface area contributed by atoms with Gasteiger partial charge in [0, 0.05) is 35.3 Å². The van der Waals surface area contributed by atoms with Crippen molar-refractivity contribution >= 4 is 35.0 Å². The van der Waals surface area contributed by atoms with Gasteiger partial charge in [-0.25, -0.2) is 9.78 Å². The van der Waals surface area contributed by atoms with Crippen molar-refractivity contribution < 1.29 is 32.6 Å². The molecule has 1 fully saturated rings. The second kappa shape index (κ2) is 13.8. The smallest absolute Gasteiger partial charge is 0.489 e. The number of H-pyrrole nitrogens is 2. The summed E-state index contributed by atoms with van der Waals surface area (Å²) in [6, 6.07) is 17.3. The zero-order valence-electron chi connectivity index (χ0n) is 23.4. The molecule has 2 aromatic heterocycles. The average Bonchev–Trinajstić information content (AvgIpc) is 3.57. The highest BCUT2D eigenvalue weighted by molar-refractivity contribution is 7.71. The fraction of sp³-hybridized carbons (Fsp3) is 0.345. The summed E-state index contributed by atoms with van der Waals surface area (Å²) < 4.78 is 38.2. The molecule has 1 aliphatic heterocycles. The number of para-hydroxylation sites is 1. The van der Waals surface area contributed by atoms with E-state index in [4.69, 9.17) is 26.9 Å². The normalized spacial score (nSPS) is 16.9. The van der Waals surface area contributed by atoms with E-state index in [1.54, 1.807) is 12.1 Å². The van der Waals surface area contributed by atoms with Crippen molar-refractivity contribution in [3.05, 3.63) is 82.0 Å². The van der Waals surface area contributed by atoms with Crippen LogP contribution in [0.3, 0.4) is 0 Å². The summed E-state index contributed by atoms with van der Waals surface area (Å²) in [5.41, 5.74) is 3.59. The van der Waals surface area contributed by atoms with Gasteiger partial charge in [-0.05, 0) is 68.5 Å². The number of fused-ring (bicyclic) bond motifs is 1. The van der Waals surface area contributed by atoms with E-state index >= 15 is 0 Å². The van der Waals surface area contributed by atoms with Crippen molar-refractivity contribution in [2.24, 2.45) is 0 Å². The molecule has 1 aliphatic rings. The fourth-order valence-corrected chi connectivity index (χ4v) is 5.04. The molecule has 10 nitrogen and oxygen atoms in total. The number of aromatic amines is 2. The Morgan fingerprint density at radius 2 is 1.81 bits per heavy atom. The fourth-order valence-electron chi connectivity index (χ4n) is 4.90. The van der Waals surface area contributed by atoms with E-state index in [0.717, 1.165) is 54.0 Å². The molecular formula is C29H31F3N6O4S. The van der Waals surface area contributed by atoms with Crippen LogP contribution in [0.5, 0.6) is 5.75 Å². The third-order valence-corrected chi connectivity index (χ3v) is 7.00. The number of aliphatic carboxylic acids is 1. The lowest BCUT2D eigenvalue weighted by molar-refractivity contribution is -0.192. The van der Waals surface area contributed by atoms with Gasteiger partial charge in [0.1, 0.15) is 18.2 Å². The van der Waals surface area contributed by atoms with Crippen molar-refractivity contribution in [3.8, 4) is 5.75 Å². The Morgan fingerprint density at radius 3 is 2.44 bits per heavy atom. The first-order chi connectivity index (χ1) is 20.4. The predicted molar refractivity (Wildman–Crippen MR) is 155 cm³/mol. The van der Waals surface area contributed by atoms with E-state index in [1.807, 2.05) is 37.3 Å². The molecule has 1 amide bonds. The summed E-state index contributed by atoms with van der Waals surface area (Å²) in [6.07, 6.45) is -4.03. The van der Waals surface area contributed by atoms with Crippen molar-refractivity contribution in [2.75, 3.05) is 19.6 Å². The molecule has 2 aromatic carbocycles. The van der Waals surface area contributed by atoms with Gasteiger partial charge in [-0.1, -0.05) is 25.1 Å². The summed E-state index contributed by atoms with van der Waals surface area (Å²) in [4.78, 5) is 33.3. The number of pyridine rings is 1. The summed E-state index contributed by atoms with van der Waals surface area (Å²) >= 11 is 5.13. The monoisotopic (exact) mass is 616 g/mol. The molecule has 43 heavy (non-hydrogen) atoms. The van der Waals surface area contributed by atoms with Crippen LogP contribution in [0.4, 0.5) is 13.2 Å². The van der Waals surface area contributed by atoms with Gasteiger partial charge in [-0.2, -0.15) is 13.2 Å². The molecule has 3 heterocycles. The van der Waals surface area contributed by atoms with Crippen LogP contribution in [0.25, 0.3) is 10.9 Å². The highest BCUT2D eigenvalue weighted by Crippen LogP contribution is 2.26. The molecule has 14 heteroatoms. The number of likely N-dealkylation sites (tertiary alicyclic amines) is 1. The Bertz CT molecular complexity index is 1620. The van der Waals surface area contributed by atoms with Gasteiger partial charge >= 0.3 is 12.1 Å². The Balaban J connectivity index is 0.000000541. The highest BCUT2D eigenvalue weighted by atomic mass is 32.1.